The molecule has 1 aromatic carbocycles. The smallest absolute Gasteiger partial charge is 0.260 e. The van der Waals surface area contributed by atoms with Gasteiger partial charge in [-0.05, 0) is 38.1 Å². The molecule has 2 heterocycles. The van der Waals surface area contributed by atoms with Gasteiger partial charge in [0.15, 0.2) is 6.61 Å². The summed E-state index contributed by atoms with van der Waals surface area (Å²) in [5.41, 5.74) is 0.980. The molecule has 0 spiro atoms. The van der Waals surface area contributed by atoms with E-state index in [1.807, 2.05) is 24.3 Å². The standard InChI is InChI=1S/C19H26N2O4S/c1-14-11-21(12-15(2)25-14)19(26)16-3-5-17(6-4-16)24-13-18(22)20-7-9-23-10-8-20/h3-6,14-15H,7-13H2,1-2H3/t14-,15+. The van der Waals surface area contributed by atoms with Crippen molar-refractivity contribution in [2.75, 3.05) is 46.0 Å². The van der Waals surface area contributed by atoms with Crippen LogP contribution in [0, 0.1) is 0 Å². The SMILES string of the molecule is C[C@@H]1CN(C(=S)c2ccc(OCC(=O)N3CCOCC3)cc2)C[C@H](C)O1. The predicted octanol–water partition coefficient (Wildman–Crippen LogP) is 1.71. The molecule has 1 amide bonds. The van der Waals surface area contributed by atoms with Crippen LogP contribution in [-0.2, 0) is 14.3 Å². The molecule has 0 N–H and O–H groups in total. The van der Waals surface area contributed by atoms with Crippen LogP contribution >= 0.6 is 12.2 Å². The fourth-order valence-corrected chi connectivity index (χ4v) is 3.55. The minimum absolute atomic E-state index is 0.0100. The van der Waals surface area contributed by atoms with Crippen molar-refractivity contribution in [1.29, 1.82) is 0 Å². The minimum atomic E-state index is -0.0100. The van der Waals surface area contributed by atoms with E-state index in [0.29, 0.717) is 32.1 Å². The van der Waals surface area contributed by atoms with Crippen molar-refractivity contribution in [2.45, 2.75) is 26.1 Å². The minimum Gasteiger partial charge on any atom is -0.484 e. The van der Waals surface area contributed by atoms with Gasteiger partial charge in [0, 0.05) is 31.7 Å². The maximum atomic E-state index is 12.1. The van der Waals surface area contributed by atoms with Gasteiger partial charge >= 0.3 is 0 Å². The van der Waals surface area contributed by atoms with Gasteiger partial charge in [0.2, 0.25) is 0 Å². The Hall–Kier alpha value is -1.70. The van der Waals surface area contributed by atoms with E-state index in [4.69, 9.17) is 26.4 Å². The summed E-state index contributed by atoms with van der Waals surface area (Å²) in [6.45, 7) is 8.22. The van der Waals surface area contributed by atoms with Crippen molar-refractivity contribution in [1.82, 2.24) is 9.80 Å². The second-order valence-electron chi connectivity index (χ2n) is 6.77. The Bertz CT molecular complexity index is 621. The molecule has 2 fully saturated rings. The number of hydrogen-bond acceptors (Lipinski definition) is 5. The van der Waals surface area contributed by atoms with Crippen LogP contribution < -0.4 is 4.74 Å². The fraction of sp³-hybridized carbons (Fsp3) is 0.579. The zero-order chi connectivity index (χ0) is 18.5. The van der Waals surface area contributed by atoms with Gasteiger partial charge in [-0.1, -0.05) is 12.2 Å². The molecular formula is C19H26N2O4S. The Morgan fingerprint density at radius 1 is 1.12 bits per heavy atom. The van der Waals surface area contributed by atoms with E-state index in [1.54, 1.807) is 4.90 Å². The van der Waals surface area contributed by atoms with Crippen molar-refractivity contribution in [3.8, 4) is 5.75 Å². The summed E-state index contributed by atoms with van der Waals surface area (Å²) in [5, 5.41) is 0. The number of nitrogens with zero attached hydrogens (tertiary/aromatic N) is 2. The van der Waals surface area contributed by atoms with Crippen LogP contribution in [0.15, 0.2) is 24.3 Å². The highest BCUT2D eigenvalue weighted by Gasteiger charge is 2.24. The van der Waals surface area contributed by atoms with E-state index in [1.165, 1.54) is 0 Å². The van der Waals surface area contributed by atoms with E-state index in [9.17, 15) is 4.79 Å². The summed E-state index contributed by atoms with van der Waals surface area (Å²) in [7, 11) is 0. The number of carbonyl (C=O) groups excluding carboxylic acids is 1. The third-order valence-electron chi connectivity index (χ3n) is 4.53. The van der Waals surface area contributed by atoms with Gasteiger partial charge in [0.05, 0.1) is 25.4 Å². The number of morpholine rings is 2. The second-order valence-corrected chi connectivity index (χ2v) is 7.16. The molecule has 0 unspecified atom stereocenters. The highest BCUT2D eigenvalue weighted by Crippen LogP contribution is 2.18. The van der Waals surface area contributed by atoms with E-state index in [2.05, 4.69) is 18.7 Å². The summed E-state index contributed by atoms with van der Waals surface area (Å²) in [6, 6.07) is 7.62. The monoisotopic (exact) mass is 378 g/mol. The number of hydrogen-bond donors (Lipinski definition) is 0. The number of carbonyl (C=O) groups is 1. The van der Waals surface area contributed by atoms with Crippen LogP contribution in [0.2, 0.25) is 0 Å². The molecule has 6 nitrogen and oxygen atoms in total. The van der Waals surface area contributed by atoms with Crippen molar-refractivity contribution in [2.24, 2.45) is 0 Å². The van der Waals surface area contributed by atoms with Crippen molar-refractivity contribution in [3.63, 3.8) is 0 Å². The average Bonchev–Trinajstić information content (AvgIpc) is 2.66. The lowest BCUT2D eigenvalue weighted by molar-refractivity contribution is -0.137. The van der Waals surface area contributed by atoms with Crippen LogP contribution in [0.1, 0.15) is 19.4 Å². The predicted molar refractivity (Wildman–Crippen MR) is 103 cm³/mol. The Morgan fingerprint density at radius 2 is 1.73 bits per heavy atom. The molecule has 0 radical (unpaired) electrons. The molecule has 0 bridgehead atoms. The zero-order valence-electron chi connectivity index (χ0n) is 15.3. The molecule has 2 atom stereocenters. The fourth-order valence-electron chi connectivity index (χ4n) is 3.27. The first-order valence-corrected chi connectivity index (χ1v) is 9.47. The largest absolute Gasteiger partial charge is 0.484 e. The maximum absolute atomic E-state index is 12.1. The molecule has 2 aliphatic heterocycles. The molecule has 1 aromatic rings. The van der Waals surface area contributed by atoms with Gasteiger partial charge in [0.1, 0.15) is 10.7 Å². The van der Waals surface area contributed by atoms with E-state index in [-0.39, 0.29) is 24.7 Å². The van der Waals surface area contributed by atoms with Gasteiger partial charge in [-0.3, -0.25) is 4.79 Å². The highest BCUT2D eigenvalue weighted by atomic mass is 32.1. The van der Waals surface area contributed by atoms with Crippen molar-refractivity contribution >= 4 is 23.1 Å². The first-order chi connectivity index (χ1) is 12.5. The number of amides is 1. The van der Waals surface area contributed by atoms with Crippen LogP contribution in [0.25, 0.3) is 0 Å². The Kier molecular flexibility index (Phi) is 6.45. The normalized spacial score (nSPS) is 23.6. The molecule has 0 aliphatic carbocycles. The lowest BCUT2D eigenvalue weighted by Gasteiger charge is -2.37. The van der Waals surface area contributed by atoms with Gasteiger partial charge in [0.25, 0.3) is 5.91 Å². The molecule has 7 heteroatoms. The number of benzene rings is 1. The zero-order valence-corrected chi connectivity index (χ0v) is 16.2. The van der Waals surface area contributed by atoms with Gasteiger partial charge < -0.3 is 24.0 Å². The number of ether oxygens (including phenoxy) is 3. The lowest BCUT2D eigenvalue weighted by atomic mass is 10.1. The Morgan fingerprint density at radius 3 is 2.35 bits per heavy atom. The number of thiocarbonyl (C=S) groups is 1. The van der Waals surface area contributed by atoms with Crippen LogP contribution in [-0.4, -0.2) is 78.9 Å². The summed E-state index contributed by atoms with van der Waals surface area (Å²) in [5.74, 6) is 0.658. The average molecular weight is 378 g/mol. The van der Waals surface area contributed by atoms with Gasteiger partial charge in [-0.2, -0.15) is 0 Å². The molecule has 2 saturated heterocycles. The number of rotatable bonds is 4. The Labute approximate surface area is 160 Å². The maximum Gasteiger partial charge on any atom is 0.260 e. The van der Waals surface area contributed by atoms with Crippen LogP contribution in [0.4, 0.5) is 0 Å². The van der Waals surface area contributed by atoms with E-state index in [0.717, 1.165) is 23.6 Å². The van der Waals surface area contributed by atoms with Crippen molar-refractivity contribution in [3.05, 3.63) is 29.8 Å². The van der Waals surface area contributed by atoms with Gasteiger partial charge in [-0.15, -0.1) is 0 Å². The van der Waals surface area contributed by atoms with E-state index >= 15 is 0 Å². The molecule has 142 valence electrons. The third kappa shape index (κ3) is 4.93. The van der Waals surface area contributed by atoms with Crippen LogP contribution in [0.5, 0.6) is 5.75 Å². The molecule has 3 rings (SSSR count). The summed E-state index contributed by atoms with van der Waals surface area (Å²) >= 11 is 5.64. The highest BCUT2D eigenvalue weighted by molar-refractivity contribution is 7.80. The summed E-state index contributed by atoms with van der Waals surface area (Å²) in [4.78, 5) is 16.9. The quantitative estimate of drug-likeness (QED) is 0.744. The van der Waals surface area contributed by atoms with Crippen LogP contribution in [0.3, 0.4) is 0 Å². The molecule has 2 aliphatic rings. The van der Waals surface area contributed by atoms with Crippen molar-refractivity contribution < 1.29 is 19.0 Å². The topological polar surface area (TPSA) is 51.2 Å². The first-order valence-electron chi connectivity index (χ1n) is 9.06. The first kappa shape index (κ1) is 19.1. The third-order valence-corrected chi connectivity index (χ3v) is 5.03. The molecule has 0 saturated carbocycles. The summed E-state index contributed by atoms with van der Waals surface area (Å²) in [6.07, 6.45) is 0.344. The second kappa shape index (κ2) is 8.79. The lowest BCUT2D eigenvalue weighted by Crippen LogP contribution is -2.47. The summed E-state index contributed by atoms with van der Waals surface area (Å²) < 4.78 is 16.6. The van der Waals surface area contributed by atoms with E-state index < -0.39 is 0 Å². The Balaban J connectivity index is 1.53. The molecular weight excluding hydrogens is 352 g/mol. The molecule has 0 aromatic heterocycles. The molecule has 26 heavy (non-hydrogen) atoms. The van der Waals surface area contributed by atoms with Gasteiger partial charge in [-0.25, -0.2) is 0 Å².